The van der Waals surface area contributed by atoms with Crippen LogP contribution in [-0.4, -0.2) is 59.1 Å². The van der Waals surface area contributed by atoms with E-state index in [1.807, 2.05) is 36.4 Å². The summed E-state index contributed by atoms with van der Waals surface area (Å²) in [5.41, 5.74) is 3.62. The number of likely N-dealkylation sites (N-methyl/N-ethyl adjacent to an activating group) is 1. The lowest BCUT2D eigenvalue weighted by Crippen LogP contribution is -2.46. The zero-order chi connectivity index (χ0) is 23.7. The highest BCUT2D eigenvalue weighted by Gasteiger charge is 2.36. The van der Waals surface area contributed by atoms with E-state index in [1.165, 1.54) is 4.90 Å². The van der Waals surface area contributed by atoms with Crippen molar-refractivity contribution in [2.24, 2.45) is 14.1 Å². The average molecular weight is 456 g/mol. The van der Waals surface area contributed by atoms with Gasteiger partial charge in [0.2, 0.25) is 0 Å². The van der Waals surface area contributed by atoms with E-state index >= 15 is 0 Å². The number of aromatic nitrogens is 2. The Morgan fingerprint density at radius 3 is 1.76 bits per heavy atom. The summed E-state index contributed by atoms with van der Waals surface area (Å²) in [5.74, 6) is -0.685. The molecule has 2 amide bonds. The molecule has 4 aromatic rings. The first-order valence-electron chi connectivity index (χ1n) is 11.4. The molecule has 2 aliphatic heterocycles. The SMILES string of the molecule is CN1CCN(c2cc3c(cc2N2C(=O)c4cccc5cccc(c45)C2=O)n(C)c(=O)n3C)CC1. The molecule has 1 fully saturated rings. The number of aryl methyl sites for hydroxylation is 2. The summed E-state index contributed by atoms with van der Waals surface area (Å²) in [6.45, 7) is 3.26. The van der Waals surface area contributed by atoms with Gasteiger partial charge in [-0.25, -0.2) is 9.69 Å². The van der Waals surface area contributed by atoms with Crippen LogP contribution in [-0.2, 0) is 14.1 Å². The summed E-state index contributed by atoms with van der Waals surface area (Å²) in [6, 6.07) is 14.8. The van der Waals surface area contributed by atoms with E-state index < -0.39 is 0 Å². The maximum absolute atomic E-state index is 13.8. The zero-order valence-corrected chi connectivity index (χ0v) is 19.4. The van der Waals surface area contributed by atoms with Gasteiger partial charge in [-0.05, 0) is 36.7 Å². The van der Waals surface area contributed by atoms with E-state index in [4.69, 9.17) is 0 Å². The van der Waals surface area contributed by atoms with Crippen LogP contribution in [0, 0.1) is 0 Å². The number of imidazole rings is 1. The smallest absolute Gasteiger partial charge is 0.328 e. The van der Waals surface area contributed by atoms with Crippen LogP contribution in [0.2, 0.25) is 0 Å². The van der Waals surface area contributed by atoms with Crippen molar-refractivity contribution in [3.8, 4) is 0 Å². The van der Waals surface area contributed by atoms with E-state index in [2.05, 4.69) is 16.8 Å². The van der Waals surface area contributed by atoms with Crippen LogP contribution in [0.5, 0.6) is 0 Å². The van der Waals surface area contributed by atoms with Crippen LogP contribution in [0.15, 0.2) is 53.3 Å². The fourth-order valence-electron chi connectivity index (χ4n) is 5.25. The number of hydrogen-bond donors (Lipinski definition) is 0. The number of piperazine rings is 1. The van der Waals surface area contributed by atoms with Gasteiger partial charge >= 0.3 is 5.69 Å². The van der Waals surface area contributed by atoms with Crippen molar-refractivity contribution >= 4 is 45.0 Å². The summed E-state index contributed by atoms with van der Waals surface area (Å²) < 4.78 is 3.16. The highest BCUT2D eigenvalue weighted by atomic mass is 16.2. The summed E-state index contributed by atoms with van der Waals surface area (Å²) >= 11 is 0. The largest absolute Gasteiger partial charge is 0.367 e. The Labute approximate surface area is 196 Å². The molecule has 8 heteroatoms. The standard InChI is InChI=1S/C26H25N5O3/c1-27-10-12-30(13-11-27)21-14-19-20(29(3)26(34)28(19)2)15-22(21)31-24(32)17-8-4-6-16-7-5-9-18(23(16)17)25(31)33/h4-9,14-15H,10-13H2,1-3H3. The number of anilines is 2. The molecule has 3 heterocycles. The number of nitrogens with zero attached hydrogens (tertiary/aromatic N) is 5. The van der Waals surface area contributed by atoms with Gasteiger partial charge in [0.1, 0.15) is 0 Å². The molecule has 0 radical (unpaired) electrons. The molecule has 34 heavy (non-hydrogen) atoms. The molecule has 2 aliphatic rings. The Morgan fingerprint density at radius 1 is 0.676 bits per heavy atom. The van der Waals surface area contributed by atoms with Gasteiger partial charge in [-0.3, -0.25) is 18.7 Å². The minimum Gasteiger partial charge on any atom is -0.367 e. The molecule has 1 aromatic heterocycles. The van der Waals surface area contributed by atoms with E-state index in [1.54, 1.807) is 35.4 Å². The third-order valence-electron chi connectivity index (χ3n) is 7.22. The molecule has 6 rings (SSSR count). The normalized spacial score (nSPS) is 16.8. The quantitative estimate of drug-likeness (QED) is 0.435. The minimum absolute atomic E-state index is 0.150. The summed E-state index contributed by atoms with van der Waals surface area (Å²) in [5, 5.41) is 1.57. The summed E-state index contributed by atoms with van der Waals surface area (Å²) in [6.07, 6.45) is 0. The van der Waals surface area contributed by atoms with Gasteiger partial charge in [-0.2, -0.15) is 0 Å². The number of fused-ring (bicyclic) bond motifs is 1. The lowest BCUT2D eigenvalue weighted by molar-refractivity contribution is 0.0893. The Balaban J connectivity index is 1.61. The highest BCUT2D eigenvalue weighted by Crippen LogP contribution is 2.39. The van der Waals surface area contributed by atoms with Crippen LogP contribution in [0.1, 0.15) is 20.7 Å². The molecule has 0 unspecified atom stereocenters. The van der Waals surface area contributed by atoms with Crippen molar-refractivity contribution < 1.29 is 9.59 Å². The number of carbonyl (C=O) groups is 2. The molecule has 0 aliphatic carbocycles. The van der Waals surface area contributed by atoms with Crippen LogP contribution in [0.4, 0.5) is 11.4 Å². The second kappa shape index (κ2) is 7.30. The molecule has 1 saturated heterocycles. The Hall–Kier alpha value is -3.91. The highest BCUT2D eigenvalue weighted by molar-refractivity contribution is 6.36. The van der Waals surface area contributed by atoms with Crippen LogP contribution >= 0.6 is 0 Å². The molecular weight excluding hydrogens is 430 g/mol. The van der Waals surface area contributed by atoms with Crippen LogP contribution in [0.3, 0.4) is 0 Å². The predicted octanol–water partition coefficient (Wildman–Crippen LogP) is 2.58. The van der Waals surface area contributed by atoms with E-state index in [-0.39, 0.29) is 17.5 Å². The number of imide groups is 1. The summed E-state index contributed by atoms with van der Waals surface area (Å²) in [7, 11) is 5.53. The second-order valence-corrected chi connectivity index (χ2v) is 9.18. The van der Waals surface area contributed by atoms with E-state index in [9.17, 15) is 14.4 Å². The third-order valence-corrected chi connectivity index (χ3v) is 7.22. The maximum atomic E-state index is 13.8. The molecule has 0 saturated carbocycles. The first-order chi connectivity index (χ1) is 16.4. The molecule has 3 aromatic carbocycles. The Kier molecular flexibility index (Phi) is 4.44. The molecule has 0 N–H and O–H groups in total. The van der Waals surface area contributed by atoms with Crippen molar-refractivity contribution in [3.63, 3.8) is 0 Å². The van der Waals surface area contributed by atoms with Crippen molar-refractivity contribution in [3.05, 3.63) is 70.1 Å². The van der Waals surface area contributed by atoms with Crippen molar-refractivity contribution in [1.82, 2.24) is 14.0 Å². The van der Waals surface area contributed by atoms with Gasteiger partial charge in [0.15, 0.2) is 0 Å². The first kappa shape index (κ1) is 20.7. The number of hydrogen-bond acceptors (Lipinski definition) is 5. The monoisotopic (exact) mass is 455 g/mol. The minimum atomic E-state index is -0.343. The summed E-state index contributed by atoms with van der Waals surface area (Å²) in [4.78, 5) is 46.0. The van der Waals surface area contributed by atoms with Crippen LogP contribution in [0.25, 0.3) is 21.8 Å². The molecule has 0 atom stereocenters. The van der Waals surface area contributed by atoms with E-state index in [0.717, 1.165) is 42.8 Å². The van der Waals surface area contributed by atoms with Gasteiger partial charge in [-0.1, -0.05) is 24.3 Å². The topological polar surface area (TPSA) is 70.8 Å². The maximum Gasteiger partial charge on any atom is 0.328 e. The van der Waals surface area contributed by atoms with E-state index in [0.29, 0.717) is 27.7 Å². The van der Waals surface area contributed by atoms with Crippen LogP contribution < -0.4 is 15.5 Å². The first-order valence-corrected chi connectivity index (χ1v) is 11.4. The van der Waals surface area contributed by atoms with Gasteiger partial charge in [-0.15, -0.1) is 0 Å². The Morgan fingerprint density at radius 2 is 1.21 bits per heavy atom. The lowest BCUT2D eigenvalue weighted by Gasteiger charge is -2.37. The molecule has 0 spiro atoms. The lowest BCUT2D eigenvalue weighted by atomic mass is 9.93. The average Bonchev–Trinajstić information content (AvgIpc) is 3.06. The predicted molar refractivity (Wildman–Crippen MR) is 133 cm³/mol. The number of rotatable bonds is 2. The van der Waals surface area contributed by atoms with Gasteiger partial charge in [0.25, 0.3) is 11.8 Å². The van der Waals surface area contributed by atoms with Gasteiger partial charge < -0.3 is 9.80 Å². The van der Waals surface area contributed by atoms with Crippen molar-refractivity contribution in [1.29, 1.82) is 0 Å². The number of benzene rings is 3. The number of amides is 2. The van der Waals surface area contributed by atoms with Crippen molar-refractivity contribution in [2.75, 3.05) is 43.0 Å². The third kappa shape index (κ3) is 2.78. The Bertz CT molecular complexity index is 1520. The van der Waals surface area contributed by atoms with Crippen molar-refractivity contribution in [2.45, 2.75) is 0 Å². The number of carbonyl (C=O) groups excluding carboxylic acids is 2. The molecule has 8 nitrogen and oxygen atoms in total. The van der Waals surface area contributed by atoms with Gasteiger partial charge in [0, 0.05) is 56.8 Å². The van der Waals surface area contributed by atoms with Gasteiger partial charge in [0.05, 0.1) is 22.4 Å². The molecular formula is C26H25N5O3. The fourth-order valence-corrected chi connectivity index (χ4v) is 5.25. The molecule has 172 valence electrons. The molecule has 0 bridgehead atoms. The fraction of sp³-hybridized carbons (Fsp3) is 0.269. The second-order valence-electron chi connectivity index (χ2n) is 9.18. The zero-order valence-electron chi connectivity index (χ0n) is 19.4.